The first-order valence-electron chi connectivity index (χ1n) is 6.97. The van der Waals surface area contributed by atoms with E-state index in [2.05, 4.69) is 10.3 Å². The first-order chi connectivity index (χ1) is 10.8. The second kappa shape index (κ2) is 7.08. The SMILES string of the molecule is CCn1ccnc1SC(C)C(=O)Nc1ccc(C(F)(F)F)cc1. The Balaban J connectivity index is 1.98. The van der Waals surface area contributed by atoms with Crippen LogP contribution in [0, 0.1) is 0 Å². The van der Waals surface area contributed by atoms with E-state index in [-0.39, 0.29) is 5.91 Å². The number of carbonyl (C=O) groups is 1. The molecule has 0 aliphatic rings. The lowest BCUT2D eigenvalue weighted by molar-refractivity contribution is -0.137. The highest BCUT2D eigenvalue weighted by molar-refractivity contribution is 8.00. The van der Waals surface area contributed by atoms with Crippen molar-refractivity contribution in [2.45, 2.75) is 37.0 Å². The van der Waals surface area contributed by atoms with Gasteiger partial charge in [0, 0.05) is 24.6 Å². The molecule has 1 N–H and O–H groups in total. The van der Waals surface area contributed by atoms with Gasteiger partial charge in [0.25, 0.3) is 0 Å². The number of imidazole rings is 1. The zero-order valence-electron chi connectivity index (χ0n) is 12.6. The number of aryl methyl sites for hydroxylation is 1. The molecule has 0 aliphatic carbocycles. The third-order valence-corrected chi connectivity index (χ3v) is 4.27. The van der Waals surface area contributed by atoms with Crippen molar-refractivity contribution in [3.05, 3.63) is 42.2 Å². The van der Waals surface area contributed by atoms with Crippen molar-refractivity contribution in [2.75, 3.05) is 5.32 Å². The molecule has 1 unspecified atom stereocenters. The number of benzene rings is 1. The number of hydrogen-bond acceptors (Lipinski definition) is 3. The number of nitrogens with one attached hydrogen (secondary N) is 1. The van der Waals surface area contributed by atoms with Gasteiger partial charge in [-0.15, -0.1) is 0 Å². The van der Waals surface area contributed by atoms with Gasteiger partial charge in [-0.05, 0) is 38.1 Å². The Morgan fingerprint density at radius 3 is 2.57 bits per heavy atom. The molecule has 8 heteroatoms. The Morgan fingerprint density at radius 1 is 1.35 bits per heavy atom. The monoisotopic (exact) mass is 343 g/mol. The summed E-state index contributed by atoms with van der Waals surface area (Å²) in [5.74, 6) is -0.291. The van der Waals surface area contributed by atoms with E-state index in [0.29, 0.717) is 5.69 Å². The van der Waals surface area contributed by atoms with Crippen molar-refractivity contribution in [1.29, 1.82) is 0 Å². The van der Waals surface area contributed by atoms with Gasteiger partial charge in [-0.1, -0.05) is 11.8 Å². The summed E-state index contributed by atoms with van der Waals surface area (Å²) in [4.78, 5) is 16.3. The molecular formula is C15H16F3N3OS. The predicted molar refractivity (Wildman–Crippen MR) is 83.3 cm³/mol. The van der Waals surface area contributed by atoms with Crippen LogP contribution in [0.2, 0.25) is 0 Å². The molecule has 23 heavy (non-hydrogen) atoms. The minimum Gasteiger partial charge on any atom is -0.326 e. The molecule has 0 bridgehead atoms. The molecule has 1 amide bonds. The molecule has 1 heterocycles. The van der Waals surface area contributed by atoms with E-state index in [1.165, 1.54) is 23.9 Å². The summed E-state index contributed by atoms with van der Waals surface area (Å²) in [5, 5.41) is 2.90. The average Bonchev–Trinajstić information content (AvgIpc) is 2.94. The van der Waals surface area contributed by atoms with Crippen molar-refractivity contribution in [3.63, 3.8) is 0 Å². The van der Waals surface area contributed by atoms with Crippen LogP contribution in [0.3, 0.4) is 0 Å². The maximum Gasteiger partial charge on any atom is 0.416 e. The number of nitrogens with zero attached hydrogens (tertiary/aromatic N) is 2. The molecule has 0 saturated heterocycles. The summed E-state index contributed by atoms with van der Waals surface area (Å²) in [6.45, 7) is 4.44. The van der Waals surface area contributed by atoms with Gasteiger partial charge in [-0.3, -0.25) is 4.79 Å². The molecule has 0 spiro atoms. The van der Waals surface area contributed by atoms with Crippen molar-refractivity contribution in [3.8, 4) is 0 Å². The van der Waals surface area contributed by atoms with Crippen LogP contribution in [0.25, 0.3) is 0 Å². The molecule has 2 aromatic rings. The highest BCUT2D eigenvalue weighted by Gasteiger charge is 2.30. The highest BCUT2D eigenvalue weighted by Crippen LogP contribution is 2.30. The van der Waals surface area contributed by atoms with Gasteiger partial charge in [0.05, 0.1) is 10.8 Å². The zero-order chi connectivity index (χ0) is 17.0. The molecular weight excluding hydrogens is 327 g/mol. The summed E-state index contributed by atoms with van der Waals surface area (Å²) in [7, 11) is 0. The van der Waals surface area contributed by atoms with E-state index in [1.54, 1.807) is 13.1 Å². The first-order valence-corrected chi connectivity index (χ1v) is 7.85. The molecule has 0 fully saturated rings. The van der Waals surface area contributed by atoms with Crippen LogP contribution in [-0.2, 0) is 17.5 Å². The number of hydrogen-bond donors (Lipinski definition) is 1. The van der Waals surface area contributed by atoms with Crippen molar-refractivity contribution in [1.82, 2.24) is 9.55 Å². The van der Waals surface area contributed by atoms with E-state index < -0.39 is 17.0 Å². The minimum absolute atomic E-state index is 0.291. The molecule has 0 saturated carbocycles. The third kappa shape index (κ3) is 4.51. The molecule has 2 rings (SSSR count). The van der Waals surface area contributed by atoms with Gasteiger partial charge >= 0.3 is 6.18 Å². The smallest absolute Gasteiger partial charge is 0.326 e. The Bertz CT molecular complexity index is 667. The predicted octanol–water partition coefficient (Wildman–Crippen LogP) is 4.04. The Hall–Kier alpha value is -1.96. The van der Waals surface area contributed by atoms with Gasteiger partial charge in [-0.25, -0.2) is 4.98 Å². The lowest BCUT2D eigenvalue weighted by Gasteiger charge is -2.13. The molecule has 1 aromatic carbocycles. The first kappa shape index (κ1) is 17.4. The second-order valence-electron chi connectivity index (χ2n) is 4.82. The number of amides is 1. The number of thioether (sulfide) groups is 1. The van der Waals surface area contributed by atoms with Crippen molar-refractivity contribution >= 4 is 23.4 Å². The second-order valence-corrected chi connectivity index (χ2v) is 6.13. The number of aromatic nitrogens is 2. The summed E-state index contributed by atoms with van der Waals surface area (Å²) in [6.07, 6.45) is -0.905. The average molecular weight is 343 g/mol. The van der Waals surface area contributed by atoms with Crippen LogP contribution in [0.15, 0.2) is 41.8 Å². The minimum atomic E-state index is -4.39. The number of anilines is 1. The lowest BCUT2D eigenvalue weighted by Crippen LogP contribution is -2.23. The fourth-order valence-electron chi connectivity index (χ4n) is 1.85. The molecule has 124 valence electrons. The zero-order valence-corrected chi connectivity index (χ0v) is 13.4. The number of alkyl halides is 3. The van der Waals surface area contributed by atoms with Gasteiger partial charge in [0.15, 0.2) is 5.16 Å². The highest BCUT2D eigenvalue weighted by atomic mass is 32.2. The van der Waals surface area contributed by atoms with E-state index >= 15 is 0 Å². The van der Waals surface area contributed by atoms with Crippen molar-refractivity contribution < 1.29 is 18.0 Å². The van der Waals surface area contributed by atoms with Crippen LogP contribution in [0.5, 0.6) is 0 Å². The quantitative estimate of drug-likeness (QED) is 0.834. The van der Waals surface area contributed by atoms with Gasteiger partial charge < -0.3 is 9.88 Å². The van der Waals surface area contributed by atoms with E-state index in [0.717, 1.165) is 23.8 Å². The van der Waals surface area contributed by atoms with Crippen LogP contribution in [-0.4, -0.2) is 20.7 Å². The van der Waals surface area contributed by atoms with E-state index in [1.807, 2.05) is 17.7 Å². The van der Waals surface area contributed by atoms with Crippen LogP contribution in [0.1, 0.15) is 19.4 Å². The lowest BCUT2D eigenvalue weighted by atomic mass is 10.2. The topological polar surface area (TPSA) is 46.9 Å². The van der Waals surface area contributed by atoms with E-state index in [4.69, 9.17) is 0 Å². The largest absolute Gasteiger partial charge is 0.416 e. The van der Waals surface area contributed by atoms with Crippen LogP contribution < -0.4 is 5.32 Å². The van der Waals surface area contributed by atoms with Gasteiger partial charge in [0.1, 0.15) is 0 Å². The number of halogens is 3. The summed E-state index contributed by atoms with van der Waals surface area (Å²) in [5.41, 5.74) is -0.419. The van der Waals surface area contributed by atoms with Crippen LogP contribution in [0.4, 0.5) is 18.9 Å². The summed E-state index contributed by atoms with van der Waals surface area (Å²) >= 11 is 1.30. The molecule has 0 aliphatic heterocycles. The summed E-state index contributed by atoms with van der Waals surface area (Å²) < 4.78 is 39.4. The Kier molecular flexibility index (Phi) is 5.35. The normalized spacial score (nSPS) is 12.9. The molecule has 0 radical (unpaired) electrons. The van der Waals surface area contributed by atoms with E-state index in [9.17, 15) is 18.0 Å². The molecule has 1 atom stereocenters. The van der Waals surface area contributed by atoms with Gasteiger partial charge in [-0.2, -0.15) is 13.2 Å². The van der Waals surface area contributed by atoms with Crippen LogP contribution >= 0.6 is 11.8 Å². The molecule has 1 aromatic heterocycles. The number of rotatable bonds is 5. The third-order valence-electron chi connectivity index (χ3n) is 3.15. The number of carbonyl (C=O) groups excluding carboxylic acids is 1. The Labute approximate surface area is 136 Å². The maximum atomic E-state index is 12.5. The summed E-state index contributed by atoms with van der Waals surface area (Å²) in [6, 6.07) is 4.37. The van der Waals surface area contributed by atoms with Gasteiger partial charge in [0.2, 0.25) is 5.91 Å². The fourth-order valence-corrected chi connectivity index (χ4v) is 2.78. The molecule has 4 nitrogen and oxygen atoms in total. The van der Waals surface area contributed by atoms with Crippen molar-refractivity contribution in [2.24, 2.45) is 0 Å². The maximum absolute atomic E-state index is 12.5. The fraction of sp³-hybridized carbons (Fsp3) is 0.333. The standard InChI is InChI=1S/C15H16F3N3OS/c1-3-21-9-8-19-14(21)23-10(2)13(22)20-12-6-4-11(5-7-12)15(16,17)18/h4-10H,3H2,1-2H3,(H,20,22). The Morgan fingerprint density at radius 2 is 2.00 bits per heavy atom.